The number of fused-ring (bicyclic) bond motifs is 4. The summed E-state index contributed by atoms with van der Waals surface area (Å²) in [7, 11) is 1.72. The van der Waals surface area contributed by atoms with Gasteiger partial charge in [-0.05, 0) is 36.6 Å². The first-order valence-electron chi connectivity index (χ1n) is 9.31. The maximum absolute atomic E-state index is 5.43. The van der Waals surface area contributed by atoms with E-state index in [1.54, 1.807) is 12.0 Å². The van der Waals surface area contributed by atoms with Gasteiger partial charge in [0, 0.05) is 35.9 Å². The van der Waals surface area contributed by atoms with Gasteiger partial charge >= 0.3 is 0 Å². The summed E-state index contributed by atoms with van der Waals surface area (Å²) >= 11 is 0. The lowest BCUT2D eigenvalue weighted by Crippen LogP contribution is -3.21. The normalized spacial score (nSPS) is 30.5. The molecular weight excluding hydrogens is 298 g/mol. The summed E-state index contributed by atoms with van der Waals surface area (Å²) in [5.41, 5.74) is 6.99. The van der Waals surface area contributed by atoms with Crippen molar-refractivity contribution < 1.29 is 15.4 Å². The minimum atomic E-state index is 0.318. The predicted molar refractivity (Wildman–Crippen MR) is 94.9 cm³/mol. The van der Waals surface area contributed by atoms with Gasteiger partial charge in [-0.15, -0.1) is 0 Å². The molecule has 0 amide bonds. The monoisotopic (exact) mass is 327 g/mol. The number of pyridine rings is 1. The van der Waals surface area contributed by atoms with E-state index < -0.39 is 0 Å². The number of aromatic nitrogens is 1. The van der Waals surface area contributed by atoms with Crippen molar-refractivity contribution in [2.45, 2.75) is 38.3 Å². The highest BCUT2D eigenvalue weighted by atomic mass is 16.5. The molecule has 3 aliphatic heterocycles. The molecule has 2 aromatic rings. The third-order valence-corrected chi connectivity index (χ3v) is 6.50. The summed E-state index contributed by atoms with van der Waals surface area (Å²) in [5.74, 6) is 2.73. The van der Waals surface area contributed by atoms with Gasteiger partial charge in [0.15, 0.2) is 6.04 Å². The summed E-state index contributed by atoms with van der Waals surface area (Å²) in [4.78, 5) is 6.30. The van der Waals surface area contributed by atoms with E-state index >= 15 is 0 Å². The van der Waals surface area contributed by atoms with Crippen LogP contribution in [0.5, 0.6) is 5.75 Å². The zero-order valence-electron chi connectivity index (χ0n) is 14.8. The largest absolute Gasteiger partial charge is 0.497 e. The molecule has 3 aliphatic rings. The number of ether oxygens (including phenoxy) is 1. The molecular formula is C20H29N3O+2. The van der Waals surface area contributed by atoms with E-state index in [-0.39, 0.29) is 0 Å². The van der Waals surface area contributed by atoms with Gasteiger partial charge in [-0.1, -0.05) is 6.92 Å². The van der Waals surface area contributed by atoms with Crippen LogP contribution in [0.2, 0.25) is 0 Å². The lowest BCUT2D eigenvalue weighted by Gasteiger charge is -2.47. The Labute approximate surface area is 144 Å². The second kappa shape index (κ2) is 6.34. The minimum absolute atomic E-state index is 0.318. The van der Waals surface area contributed by atoms with Crippen molar-refractivity contribution in [2.75, 3.05) is 20.2 Å². The fraction of sp³-hybridized carbons (Fsp3) is 0.550. The number of nitrogens with one attached hydrogen (secondary N) is 1. The van der Waals surface area contributed by atoms with Crippen LogP contribution in [0.4, 0.5) is 0 Å². The zero-order valence-corrected chi connectivity index (χ0v) is 14.8. The third kappa shape index (κ3) is 2.58. The molecule has 1 aromatic carbocycles. The Balaban J connectivity index is 1.68. The van der Waals surface area contributed by atoms with Crippen LogP contribution in [0.1, 0.15) is 37.8 Å². The fourth-order valence-corrected chi connectivity index (χ4v) is 5.09. The van der Waals surface area contributed by atoms with Crippen molar-refractivity contribution in [3.63, 3.8) is 0 Å². The fourth-order valence-electron chi connectivity index (χ4n) is 5.09. The van der Waals surface area contributed by atoms with Gasteiger partial charge in [-0.3, -0.25) is 4.98 Å². The molecule has 4 nitrogen and oxygen atoms in total. The molecule has 3 unspecified atom stereocenters. The van der Waals surface area contributed by atoms with Gasteiger partial charge in [-0.25, -0.2) is 0 Å². The number of methoxy groups -OCH3 is 1. The molecule has 0 saturated carbocycles. The number of piperidine rings is 3. The van der Waals surface area contributed by atoms with E-state index in [2.05, 4.69) is 35.8 Å². The van der Waals surface area contributed by atoms with Gasteiger partial charge in [0.2, 0.25) is 0 Å². The molecule has 1 aromatic heterocycles. The SMILES string of the molecule is CC[C@H]1C[NH+]2CCC1CC2[C@@H]([NH3+])c1ccnc2ccc(OC)cc12. The molecule has 5 atom stereocenters. The highest BCUT2D eigenvalue weighted by Gasteiger charge is 2.47. The molecule has 128 valence electrons. The van der Waals surface area contributed by atoms with Crippen molar-refractivity contribution in [2.24, 2.45) is 11.8 Å². The number of benzene rings is 1. The molecule has 3 fully saturated rings. The van der Waals surface area contributed by atoms with E-state index in [0.29, 0.717) is 12.1 Å². The minimum Gasteiger partial charge on any atom is -0.497 e. The van der Waals surface area contributed by atoms with E-state index in [1.165, 1.54) is 43.3 Å². The Hall–Kier alpha value is -1.65. The quantitative estimate of drug-likeness (QED) is 0.887. The molecule has 5 rings (SSSR count). The van der Waals surface area contributed by atoms with Crippen molar-refractivity contribution >= 4 is 10.9 Å². The number of hydrogen-bond acceptors (Lipinski definition) is 2. The Morgan fingerprint density at radius 3 is 2.96 bits per heavy atom. The molecule has 4 N–H and O–H groups in total. The zero-order chi connectivity index (χ0) is 16.7. The van der Waals surface area contributed by atoms with Crippen molar-refractivity contribution in [3.8, 4) is 5.75 Å². The Morgan fingerprint density at radius 1 is 1.38 bits per heavy atom. The summed E-state index contributed by atoms with van der Waals surface area (Å²) in [6.45, 7) is 5.01. The van der Waals surface area contributed by atoms with E-state index in [9.17, 15) is 0 Å². The Morgan fingerprint density at radius 2 is 2.25 bits per heavy atom. The first-order chi connectivity index (χ1) is 11.7. The molecule has 0 radical (unpaired) electrons. The maximum Gasteiger partial charge on any atom is 0.163 e. The average Bonchev–Trinajstić information content (AvgIpc) is 2.66. The molecule has 4 heteroatoms. The van der Waals surface area contributed by atoms with Gasteiger partial charge in [0.1, 0.15) is 11.8 Å². The van der Waals surface area contributed by atoms with Crippen LogP contribution in [-0.2, 0) is 0 Å². The number of rotatable bonds is 4. The maximum atomic E-state index is 5.43. The molecule has 2 bridgehead atoms. The summed E-state index contributed by atoms with van der Waals surface area (Å²) in [6.07, 6.45) is 6.00. The van der Waals surface area contributed by atoms with Gasteiger partial charge < -0.3 is 15.4 Å². The smallest absolute Gasteiger partial charge is 0.163 e. The molecule has 3 saturated heterocycles. The Kier molecular flexibility index (Phi) is 4.19. The number of hydrogen-bond donors (Lipinski definition) is 2. The molecule has 0 spiro atoms. The van der Waals surface area contributed by atoms with Crippen LogP contribution in [0.15, 0.2) is 30.5 Å². The van der Waals surface area contributed by atoms with E-state index in [0.717, 1.165) is 23.1 Å². The third-order valence-electron chi connectivity index (χ3n) is 6.50. The lowest BCUT2D eigenvalue weighted by atomic mass is 9.72. The van der Waals surface area contributed by atoms with Crippen LogP contribution in [-0.4, -0.2) is 31.2 Å². The second-order valence-electron chi connectivity index (χ2n) is 7.56. The van der Waals surface area contributed by atoms with E-state index in [1.807, 2.05) is 12.3 Å². The van der Waals surface area contributed by atoms with Gasteiger partial charge in [0.05, 0.1) is 25.7 Å². The summed E-state index contributed by atoms with van der Waals surface area (Å²) in [6, 6.07) is 9.29. The molecule has 0 aliphatic carbocycles. The molecule has 24 heavy (non-hydrogen) atoms. The highest BCUT2D eigenvalue weighted by molar-refractivity contribution is 5.83. The first-order valence-corrected chi connectivity index (χ1v) is 9.31. The van der Waals surface area contributed by atoms with Crippen LogP contribution >= 0.6 is 0 Å². The van der Waals surface area contributed by atoms with Crippen molar-refractivity contribution in [3.05, 3.63) is 36.0 Å². The van der Waals surface area contributed by atoms with Crippen molar-refractivity contribution in [1.82, 2.24) is 4.98 Å². The van der Waals surface area contributed by atoms with Crippen LogP contribution in [0.25, 0.3) is 10.9 Å². The summed E-state index contributed by atoms with van der Waals surface area (Å²) in [5, 5.41) is 1.20. The standard InChI is InChI=1S/C20H27N3O/c1-3-13-12-23-9-7-14(13)10-19(23)20(21)16-6-8-22-18-5-4-15(24-2)11-17(16)18/h4-6,8,11,13-14,19-20H,3,7,9-10,12,21H2,1-2H3/p+2/t13-,14?,19?,20-/m0/s1. The van der Waals surface area contributed by atoms with Crippen LogP contribution in [0, 0.1) is 11.8 Å². The topological polar surface area (TPSA) is 54.2 Å². The first kappa shape index (κ1) is 15.9. The van der Waals surface area contributed by atoms with Crippen LogP contribution < -0.4 is 15.4 Å². The lowest BCUT2D eigenvalue weighted by molar-refractivity contribution is -0.957. The number of quaternary nitrogens is 2. The Bertz CT molecular complexity index is 732. The summed E-state index contributed by atoms with van der Waals surface area (Å²) < 4.78 is 5.43. The molecule has 4 heterocycles. The number of nitrogens with zero attached hydrogens (tertiary/aromatic N) is 1. The highest BCUT2D eigenvalue weighted by Crippen LogP contribution is 2.33. The van der Waals surface area contributed by atoms with Gasteiger partial charge in [0.25, 0.3) is 0 Å². The second-order valence-corrected chi connectivity index (χ2v) is 7.56. The van der Waals surface area contributed by atoms with Crippen LogP contribution in [0.3, 0.4) is 0 Å². The van der Waals surface area contributed by atoms with Crippen molar-refractivity contribution in [1.29, 1.82) is 0 Å². The van der Waals surface area contributed by atoms with Gasteiger partial charge in [-0.2, -0.15) is 0 Å². The van der Waals surface area contributed by atoms with E-state index in [4.69, 9.17) is 4.74 Å². The average molecular weight is 327 g/mol. The predicted octanol–water partition coefficient (Wildman–Crippen LogP) is 1.23.